The second-order valence-electron chi connectivity index (χ2n) is 5.94. The van der Waals surface area contributed by atoms with Crippen molar-refractivity contribution in [3.05, 3.63) is 29.8 Å². The Bertz CT molecular complexity index is 480. The molecule has 0 saturated carbocycles. The Morgan fingerprint density at radius 1 is 1.53 bits per heavy atom. The van der Waals surface area contributed by atoms with E-state index >= 15 is 0 Å². The SMILES string of the molecule is CC1(CN)CCN(C(=O)C2Cc3ccccc3S2)C1. The molecule has 0 aliphatic carbocycles. The first kappa shape index (κ1) is 13.0. The third kappa shape index (κ3) is 2.39. The number of carbonyl (C=O) groups excluding carboxylic acids is 1. The minimum atomic E-state index is 0.0672. The van der Waals surface area contributed by atoms with Crippen LogP contribution in [0.5, 0.6) is 0 Å². The lowest BCUT2D eigenvalue weighted by Gasteiger charge is -2.24. The summed E-state index contributed by atoms with van der Waals surface area (Å²) in [6.45, 7) is 4.52. The van der Waals surface area contributed by atoms with Crippen molar-refractivity contribution in [3.63, 3.8) is 0 Å². The smallest absolute Gasteiger partial charge is 0.236 e. The van der Waals surface area contributed by atoms with E-state index in [4.69, 9.17) is 5.73 Å². The Morgan fingerprint density at radius 3 is 3.00 bits per heavy atom. The molecule has 102 valence electrons. The Kier molecular flexibility index (Phi) is 3.31. The predicted molar refractivity (Wildman–Crippen MR) is 78.1 cm³/mol. The van der Waals surface area contributed by atoms with Gasteiger partial charge in [0, 0.05) is 18.0 Å². The first-order valence-corrected chi connectivity index (χ1v) is 7.73. The van der Waals surface area contributed by atoms with Crippen LogP contribution < -0.4 is 5.73 Å². The van der Waals surface area contributed by atoms with Crippen LogP contribution in [-0.4, -0.2) is 35.7 Å². The normalized spacial score (nSPS) is 29.6. The standard InChI is InChI=1S/C15H20N2OS/c1-15(9-16)6-7-17(10-15)14(18)13-8-11-4-2-3-5-12(11)19-13/h2-5,13H,6-10,16H2,1H3. The van der Waals surface area contributed by atoms with E-state index in [1.54, 1.807) is 11.8 Å². The second kappa shape index (κ2) is 4.84. The summed E-state index contributed by atoms with van der Waals surface area (Å²) in [5.41, 5.74) is 7.24. The zero-order valence-corrected chi connectivity index (χ0v) is 12.1. The Hall–Kier alpha value is -1.00. The molecule has 1 fully saturated rings. The maximum atomic E-state index is 12.6. The number of rotatable bonds is 2. The predicted octanol–water partition coefficient (Wildman–Crippen LogP) is 1.90. The van der Waals surface area contributed by atoms with E-state index in [1.807, 2.05) is 17.0 Å². The molecule has 2 aliphatic heterocycles. The van der Waals surface area contributed by atoms with Gasteiger partial charge in [-0.2, -0.15) is 0 Å². The van der Waals surface area contributed by atoms with Crippen LogP contribution >= 0.6 is 11.8 Å². The first-order chi connectivity index (χ1) is 9.11. The molecule has 0 radical (unpaired) electrons. The zero-order chi connectivity index (χ0) is 13.5. The summed E-state index contributed by atoms with van der Waals surface area (Å²) in [6.07, 6.45) is 1.90. The van der Waals surface area contributed by atoms with Gasteiger partial charge in [0.1, 0.15) is 0 Å². The number of likely N-dealkylation sites (tertiary alicyclic amines) is 1. The lowest BCUT2D eigenvalue weighted by atomic mass is 9.90. The molecule has 0 aromatic heterocycles. The number of benzene rings is 1. The zero-order valence-electron chi connectivity index (χ0n) is 11.3. The van der Waals surface area contributed by atoms with Crippen molar-refractivity contribution in [2.75, 3.05) is 19.6 Å². The molecule has 1 aromatic carbocycles. The number of carbonyl (C=O) groups is 1. The van der Waals surface area contributed by atoms with Crippen LogP contribution in [0.2, 0.25) is 0 Å². The number of fused-ring (bicyclic) bond motifs is 1. The number of amides is 1. The van der Waals surface area contributed by atoms with E-state index in [0.717, 1.165) is 25.9 Å². The molecule has 2 N–H and O–H groups in total. The minimum absolute atomic E-state index is 0.0672. The van der Waals surface area contributed by atoms with Gasteiger partial charge in [-0.1, -0.05) is 25.1 Å². The Balaban J connectivity index is 1.68. The number of thioether (sulfide) groups is 1. The molecule has 3 rings (SSSR count). The topological polar surface area (TPSA) is 46.3 Å². The molecule has 1 aromatic rings. The van der Waals surface area contributed by atoms with Crippen LogP contribution in [0.15, 0.2) is 29.2 Å². The Labute approximate surface area is 118 Å². The van der Waals surface area contributed by atoms with E-state index in [2.05, 4.69) is 19.1 Å². The van der Waals surface area contributed by atoms with E-state index in [0.29, 0.717) is 12.5 Å². The fraction of sp³-hybridized carbons (Fsp3) is 0.533. The van der Waals surface area contributed by atoms with Gasteiger partial charge in [-0.3, -0.25) is 4.79 Å². The molecule has 2 atom stereocenters. The van der Waals surface area contributed by atoms with E-state index in [9.17, 15) is 4.79 Å². The summed E-state index contributed by atoms with van der Waals surface area (Å²) in [6, 6.07) is 8.33. The highest BCUT2D eigenvalue weighted by atomic mass is 32.2. The van der Waals surface area contributed by atoms with Gasteiger partial charge < -0.3 is 10.6 Å². The molecule has 0 bridgehead atoms. The van der Waals surface area contributed by atoms with Crippen LogP contribution in [-0.2, 0) is 11.2 Å². The quantitative estimate of drug-likeness (QED) is 0.897. The van der Waals surface area contributed by atoms with Crippen LogP contribution in [0.4, 0.5) is 0 Å². The first-order valence-electron chi connectivity index (χ1n) is 6.85. The van der Waals surface area contributed by atoms with E-state index < -0.39 is 0 Å². The van der Waals surface area contributed by atoms with Crippen molar-refractivity contribution in [2.24, 2.45) is 11.1 Å². The molecule has 19 heavy (non-hydrogen) atoms. The molecular weight excluding hydrogens is 256 g/mol. The average molecular weight is 276 g/mol. The third-order valence-electron chi connectivity index (χ3n) is 4.28. The summed E-state index contributed by atoms with van der Waals surface area (Å²) in [4.78, 5) is 15.9. The van der Waals surface area contributed by atoms with Crippen molar-refractivity contribution < 1.29 is 4.79 Å². The molecule has 4 heteroatoms. The van der Waals surface area contributed by atoms with Crippen LogP contribution in [0, 0.1) is 5.41 Å². The average Bonchev–Trinajstić information content (AvgIpc) is 3.02. The van der Waals surface area contributed by atoms with Crippen LogP contribution in [0.25, 0.3) is 0 Å². The maximum absolute atomic E-state index is 12.6. The molecule has 2 aliphatic rings. The van der Waals surface area contributed by atoms with Crippen LogP contribution in [0.3, 0.4) is 0 Å². The largest absolute Gasteiger partial charge is 0.341 e. The molecule has 1 amide bonds. The maximum Gasteiger partial charge on any atom is 0.236 e. The Morgan fingerprint density at radius 2 is 2.32 bits per heavy atom. The molecule has 1 saturated heterocycles. The lowest BCUT2D eigenvalue weighted by Crippen LogP contribution is -2.38. The summed E-state index contributed by atoms with van der Waals surface area (Å²) >= 11 is 1.72. The van der Waals surface area contributed by atoms with Gasteiger partial charge in [0.25, 0.3) is 0 Å². The second-order valence-corrected chi connectivity index (χ2v) is 7.19. The lowest BCUT2D eigenvalue weighted by molar-refractivity contribution is -0.129. The molecule has 2 heterocycles. The van der Waals surface area contributed by atoms with Gasteiger partial charge in [-0.05, 0) is 36.4 Å². The van der Waals surface area contributed by atoms with Crippen molar-refractivity contribution in [2.45, 2.75) is 29.9 Å². The molecular formula is C15H20N2OS. The highest BCUT2D eigenvalue weighted by molar-refractivity contribution is 8.01. The van der Waals surface area contributed by atoms with Gasteiger partial charge in [0.2, 0.25) is 5.91 Å². The fourth-order valence-corrected chi connectivity index (χ4v) is 4.18. The monoisotopic (exact) mass is 276 g/mol. The summed E-state index contributed by atoms with van der Waals surface area (Å²) in [5.74, 6) is 0.290. The van der Waals surface area contributed by atoms with E-state index in [-0.39, 0.29) is 10.7 Å². The molecule has 3 nitrogen and oxygen atoms in total. The number of hydrogen-bond acceptors (Lipinski definition) is 3. The van der Waals surface area contributed by atoms with Crippen molar-refractivity contribution in [3.8, 4) is 0 Å². The number of hydrogen-bond donors (Lipinski definition) is 1. The van der Waals surface area contributed by atoms with Gasteiger partial charge in [-0.15, -0.1) is 11.8 Å². The molecule has 0 spiro atoms. The highest BCUT2D eigenvalue weighted by Crippen LogP contribution is 2.39. The van der Waals surface area contributed by atoms with Gasteiger partial charge in [-0.25, -0.2) is 0 Å². The number of nitrogens with two attached hydrogens (primary N) is 1. The van der Waals surface area contributed by atoms with E-state index in [1.165, 1.54) is 10.5 Å². The van der Waals surface area contributed by atoms with Crippen molar-refractivity contribution >= 4 is 17.7 Å². The van der Waals surface area contributed by atoms with Crippen molar-refractivity contribution in [1.82, 2.24) is 4.90 Å². The highest BCUT2D eigenvalue weighted by Gasteiger charge is 2.39. The minimum Gasteiger partial charge on any atom is -0.341 e. The van der Waals surface area contributed by atoms with Crippen LogP contribution in [0.1, 0.15) is 18.9 Å². The summed E-state index contributed by atoms with van der Waals surface area (Å²) in [7, 11) is 0. The summed E-state index contributed by atoms with van der Waals surface area (Å²) in [5, 5.41) is 0.0672. The number of nitrogens with zero attached hydrogens (tertiary/aromatic N) is 1. The third-order valence-corrected chi connectivity index (χ3v) is 5.59. The molecule has 2 unspecified atom stereocenters. The van der Waals surface area contributed by atoms with Gasteiger partial charge in [0.15, 0.2) is 0 Å². The van der Waals surface area contributed by atoms with Gasteiger partial charge >= 0.3 is 0 Å². The van der Waals surface area contributed by atoms with Gasteiger partial charge in [0.05, 0.1) is 5.25 Å². The summed E-state index contributed by atoms with van der Waals surface area (Å²) < 4.78 is 0. The van der Waals surface area contributed by atoms with Crippen molar-refractivity contribution in [1.29, 1.82) is 0 Å². The fourth-order valence-electron chi connectivity index (χ4n) is 2.90.